The van der Waals surface area contributed by atoms with Crippen LogP contribution in [-0.4, -0.2) is 31.6 Å². The summed E-state index contributed by atoms with van der Waals surface area (Å²) in [6.45, 7) is 17.9. The molecule has 4 heteroatoms. The number of hydrogen-bond acceptors (Lipinski definition) is 4. The molecule has 0 radical (unpaired) electrons. The molecule has 0 amide bonds. The first-order valence-corrected chi connectivity index (χ1v) is 8.85. The van der Waals surface area contributed by atoms with E-state index in [4.69, 9.17) is 24.4 Å². The van der Waals surface area contributed by atoms with Crippen LogP contribution < -0.4 is 5.32 Å². The second-order valence-electron chi connectivity index (χ2n) is 5.57. The van der Waals surface area contributed by atoms with E-state index in [0.717, 1.165) is 52.2 Å². The second kappa shape index (κ2) is 13.4. The van der Waals surface area contributed by atoms with E-state index in [0.29, 0.717) is 0 Å². The van der Waals surface area contributed by atoms with Crippen LogP contribution in [0.1, 0.15) is 53.5 Å². The molecule has 0 spiro atoms. The van der Waals surface area contributed by atoms with Crippen molar-refractivity contribution in [1.82, 2.24) is 4.90 Å². The maximum atomic E-state index is 5.16. The van der Waals surface area contributed by atoms with Gasteiger partial charge in [0.15, 0.2) is 0 Å². The fourth-order valence-corrected chi connectivity index (χ4v) is 2.02. The van der Waals surface area contributed by atoms with Crippen molar-refractivity contribution in [2.75, 3.05) is 32.0 Å². The van der Waals surface area contributed by atoms with Crippen molar-refractivity contribution in [3.8, 4) is 0 Å². The van der Waals surface area contributed by atoms with Gasteiger partial charge in [-0.1, -0.05) is 66.0 Å². The summed E-state index contributed by atoms with van der Waals surface area (Å²) in [7, 11) is 2.13. The average Bonchev–Trinajstić information content (AvgIpc) is 2.47. The molecule has 0 bridgehead atoms. The second-order valence-corrected chi connectivity index (χ2v) is 6.38. The van der Waals surface area contributed by atoms with Gasteiger partial charge in [0.05, 0.1) is 14.7 Å². The molecule has 0 aromatic heterocycles. The summed E-state index contributed by atoms with van der Waals surface area (Å²) in [5, 5.41) is 3.35. The highest BCUT2D eigenvalue weighted by molar-refractivity contribution is 7.74. The minimum absolute atomic E-state index is 0.833. The molecule has 21 heavy (non-hydrogen) atoms. The molecule has 0 saturated carbocycles. The summed E-state index contributed by atoms with van der Waals surface area (Å²) in [6, 6.07) is 0. The summed E-state index contributed by atoms with van der Waals surface area (Å²) >= 11 is 10.3. The lowest BCUT2D eigenvalue weighted by molar-refractivity contribution is 0.351. The van der Waals surface area contributed by atoms with Crippen LogP contribution in [0.15, 0.2) is 0 Å². The van der Waals surface area contributed by atoms with Gasteiger partial charge in [-0.3, -0.25) is 0 Å². The van der Waals surface area contributed by atoms with Gasteiger partial charge in [-0.05, 0) is 45.0 Å². The Kier molecular flexibility index (Phi) is 14.6. The van der Waals surface area contributed by atoms with Crippen molar-refractivity contribution in [3.05, 3.63) is 14.6 Å². The zero-order chi connectivity index (χ0) is 17.0. The van der Waals surface area contributed by atoms with Crippen LogP contribution in [0.25, 0.3) is 0 Å². The Balaban J connectivity index is 0. The van der Waals surface area contributed by atoms with Gasteiger partial charge in [0.1, 0.15) is 0 Å². The molecule has 0 saturated heterocycles. The van der Waals surface area contributed by atoms with Gasteiger partial charge in [-0.15, -0.1) is 0 Å². The molecule has 1 rings (SSSR count). The minimum atomic E-state index is 0.833. The van der Waals surface area contributed by atoms with Crippen molar-refractivity contribution < 1.29 is 0 Å². The Morgan fingerprint density at radius 2 is 1.57 bits per heavy atom. The first-order valence-electron chi connectivity index (χ1n) is 8.03. The number of hydrogen-bond donors (Lipinski definition) is 1. The first-order chi connectivity index (χ1) is 9.81. The van der Waals surface area contributed by atoms with E-state index in [-0.39, 0.29) is 0 Å². The van der Waals surface area contributed by atoms with E-state index >= 15 is 0 Å². The van der Waals surface area contributed by atoms with Gasteiger partial charge in [-0.2, -0.15) is 0 Å². The highest BCUT2D eigenvalue weighted by atomic mass is 32.1. The number of nitrogens with zero attached hydrogens (tertiary/aromatic N) is 1. The SMILES string of the molecule is CC.CC(C)C.CCN(C)CCCNc1c(C)c(=S)c1=S. The third-order valence-corrected chi connectivity index (χ3v) is 3.75. The monoisotopic (exact) mass is 330 g/mol. The van der Waals surface area contributed by atoms with E-state index in [1.807, 2.05) is 20.8 Å². The van der Waals surface area contributed by atoms with Gasteiger partial charge in [0.25, 0.3) is 0 Å². The number of anilines is 1. The summed E-state index contributed by atoms with van der Waals surface area (Å²) in [6.07, 6.45) is 1.14. The summed E-state index contributed by atoms with van der Waals surface area (Å²) in [5.41, 5.74) is 2.24. The highest BCUT2D eigenvalue weighted by Gasteiger charge is 2.08. The van der Waals surface area contributed by atoms with Gasteiger partial charge >= 0.3 is 0 Å². The fourth-order valence-electron chi connectivity index (χ4n) is 1.44. The smallest absolute Gasteiger partial charge is 0.0795 e. The maximum absolute atomic E-state index is 5.16. The molecule has 0 unspecified atom stereocenters. The Morgan fingerprint density at radius 1 is 1.10 bits per heavy atom. The molecule has 0 heterocycles. The molecule has 2 nitrogen and oxygen atoms in total. The predicted molar refractivity (Wildman–Crippen MR) is 103 cm³/mol. The van der Waals surface area contributed by atoms with E-state index in [2.05, 4.69) is 45.0 Å². The zero-order valence-corrected chi connectivity index (χ0v) is 16.8. The molecule has 124 valence electrons. The van der Waals surface area contributed by atoms with Crippen molar-refractivity contribution >= 4 is 30.1 Å². The minimum Gasteiger partial charge on any atom is -0.384 e. The van der Waals surface area contributed by atoms with Crippen molar-refractivity contribution in [2.24, 2.45) is 5.92 Å². The Hall–Kier alpha value is -0.320. The molecule has 0 aliphatic rings. The van der Waals surface area contributed by atoms with Crippen molar-refractivity contribution in [1.29, 1.82) is 0 Å². The Bertz CT molecular complexity index is 429. The third-order valence-electron chi connectivity index (χ3n) is 2.71. The van der Waals surface area contributed by atoms with Gasteiger partial charge in [0.2, 0.25) is 0 Å². The molecule has 1 aromatic rings. The van der Waals surface area contributed by atoms with E-state index in [1.54, 1.807) is 0 Å². The van der Waals surface area contributed by atoms with Gasteiger partial charge in [-0.25, -0.2) is 0 Å². The van der Waals surface area contributed by atoms with E-state index in [9.17, 15) is 0 Å². The van der Waals surface area contributed by atoms with Crippen LogP contribution in [0.3, 0.4) is 0 Å². The van der Waals surface area contributed by atoms with Crippen molar-refractivity contribution in [3.63, 3.8) is 0 Å². The Labute approximate surface area is 142 Å². The summed E-state index contributed by atoms with van der Waals surface area (Å²) in [4.78, 5) is 2.30. The normalized spacial score (nSPS) is 10.0. The molecule has 1 N–H and O–H groups in total. The van der Waals surface area contributed by atoms with Crippen LogP contribution in [0.5, 0.6) is 0 Å². The summed E-state index contributed by atoms with van der Waals surface area (Å²) < 4.78 is 1.70. The Morgan fingerprint density at radius 3 is 1.95 bits per heavy atom. The van der Waals surface area contributed by atoms with Crippen LogP contribution in [0, 0.1) is 21.9 Å². The third kappa shape index (κ3) is 10.1. The van der Waals surface area contributed by atoms with Crippen LogP contribution >= 0.6 is 24.4 Å². The predicted octanol–water partition coefficient (Wildman–Crippen LogP) is 5.77. The lowest BCUT2D eigenvalue weighted by atomic mass is 10.1. The molecule has 0 aliphatic heterocycles. The fraction of sp³-hybridized carbons (Fsp3) is 0.765. The van der Waals surface area contributed by atoms with Gasteiger partial charge < -0.3 is 10.2 Å². The highest BCUT2D eigenvalue weighted by Crippen LogP contribution is 2.24. The first kappa shape index (κ1) is 23.0. The summed E-state index contributed by atoms with van der Waals surface area (Å²) in [5.74, 6) is 0.833. The van der Waals surface area contributed by atoms with E-state index < -0.39 is 0 Å². The molecule has 0 aliphatic carbocycles. The van der Waals surface area contributed by atoms with Gasteiger partial charge in [0, 0.05) is 6.54 Å². The molecule has 1 aromatic carbocycles. The van der Waals surface area contributed by atoms with Crippen molar-refractivity contribution in [2.45, 2.75) is 54.9 Å². The van der Waals surface area contributed by atoms with E-state index in [1.165, 1.54) is 0 Å². The lowest BCUT2D eigenvalue weighted by Gasteiger charge is -2.16. The number of rotatable bonds is 6. The van der Waals surface area contributed by atoms with Crippen LogP contribution in [0.2, 0.25) is 0 Å². The lowest BCUT2D eigenvalue weighted by Crippen LogP contribution is -2.21. The van der Waals surface area contributed by atoms with Crippen LogP contribution in [-0.2, 0) is 0 Å². The molecule has 0 atom stereocenters. The zero-order valence-electron chi connectivity index (χ0n) is 15.2. The topological polar surface area (TPSA) is 15.3 Å². The quantitative estimate of drug-likeness (QED) is 0.525. The molecular formula is C17H34N2S2. The standard InChI is InChI=1S/C11H18N2S2.C4H10.C2H6/c1-4-13(3)7-5-6-12-9-8(2)10(14)11(9)15;1-4(2)3;1-2/h12H,4-7H2,1-3H3;4H,1-3H3;1-2H3. The molecular weight excluding hydrogens is 296 g/mol. The van der Waals surface area contributed by atoms with Crippen LogP contribution in [0.4, 0.5) is 5.69 Å². The molecule has 0 fully saturated rings. The largest absolute Gasteiger partial charge is 0.384 e. The average molecular weight is 331 g/mol. The number of nitrogens with one attached hydrogen (secondary N) is 1. The maximum Gasteiger partial charge on any atom is 0.0795 e.